The van der Waals surface area contributed by atoms with E-state index in [1.165, 1.54) is 42.5 Å². The minimum absolute atomic E-state index is 0.0789. The number of aromatic hydroxyl groups is 1. The number of ether oxygens (including phenoxy) is 1. The second-order valence-corrected chi connectivity index (χ2v) is 12.3. The van der Waals surface area contributed by atoms with Crippen LogP contribution in [0.3, 0.4) is 0 Å². The van der Waals surface area contributed by atoms with Gasteiger partial charge in [-0.15, -0.1) is 0 Å². The summed E-state index contributed by atoms with van der Waals surface area (Å²) in [6.45, 7) is 0.938. The number of pyridine rings is 1. The zero-order valence-electron chi connectivity index (χ0n) is 27.3. The van der Waals surface area contributed by atoms with E-state index in [9.17, 15) is 39.6 Å². The summed E-state index contributed by atoms with van der Waals surface area (Å²) in [4.78, 5) is 53.5. The SMILES string of the molecule is O=C(COc1cccc([C@](O)(C(=O)O)c2ccccc2)c1)NC1CN(C(=O)c2ccc(CNC[C@H](O)c3ccc(O)c4[nH]c(=O)ccc34)cc2)C1. The molecule has 1 aliphatic rings. The molecule has 13 heteroatoms. The first-order valence-electron chi connectivity index (χ1n) is 16.2. The van der Waals surface area contributed by atoms with Crippen molar-refractivity contribution >= 4 is 28.7 Å². The van der Waals surface area contributed by atoms with E-state index >= 15 is 0 Å². The molecular formula is C38H36N4O9. The number of nitrogens with one attached hydrogen (secondary N) is 3. The molecule has 0 spiro atoms. The summed E-state index contributed by atoms with van der Waals surface area (Å²) in [5.41, 5.74) is -0.186. The van der Waals surface area contributed by atoms with E-state index in [1.54, 1.807) is 53.4 Å². The highest BCUT2D eigenvalue weighted by Gasteiger charge is 2.40. The van der Waals surface area contributed by atoms with Gasteiger partial charge in [-0.1, -0.05) is 60.7 Å². The summed E-state index contributed by atoms with van der Waals surface area (Å²) in [5.74, 6) is -1.91. The lowest BCUT2D eigenvalue weighted by Crippen LogP contribution is -2.61. The van der Waals surface area contributed by atoms with E-state index in [0.717, 1.165) is 5.56 Å². The number of fused-ring (bicyclic) bond motifs is 1. The van der Waals surface area contributed by atoms with Crippen LogP contribution < -0.4 is 20.9 Å². The van der Waals surface area contributed by atoms with Crippen molar-refractivity contribution in [3.63, 3.8) is 0 Å². The van der Waals surface area contributed by atoms with E-state index in [4.69, 9.17) is 4.74 Å². The second-order valence-electron chi connectivity index (χ2n) is 12.3. The summed E-state index contributed by atoms with van der Waals surface area (Å²) in [7, 11) is 0. The molecule has 0 unspecified atom stereocenters. The van der Waals surface area contributed by atoms with Crippen LogP contribution in [0.15, 0.2) is 108 Å². The van der Waals surface area contributed by atoms with Crippen LogP contribution in [-0.4, -0.2) is 80.4 Å². The third-order valence-corrected chi connectivity index (χ3v) is 8.79. The first kappa shape index (κ1) is 34.8. The van der Waals surface area contributed by atoms with Gasteiger partial charge in [0.15, 0.2) is 6.61 Å². The van der Waals surface area contributed by atoms with Crippen LogP contribution in [0, 0.1) is 0 Å². The van der Waals surface area contributed by atoms with Gasteiger partial charge in [0.25, 0.3) is 11.8 Å². The van der Waals surface area contributed by atoms with Crippen molar-refractivity contribution in [1.29, 1.82) is 0 Å². The molecule has 0 saturated carbocycles. The predicted octanol–water partition coefficient (Wildman–Crippen LogP) is 2.40. The molecule has 1 fully saturated rings. The third-order valence-electron chi connectivity index (χ3n) is 8.79. The van der Waals surface area contributed by atoms with Gasteiger partial charge in [-0.3, -0.25) is 14.4 Å². The number of rotatable bonds is 13. The van der Waals surface area contributed by atoms with Gasteiger partial charge in [0.05, 0.1) is 17.7 Å². The number of benzene rings is 4. The maximum atomic E-state index is 13.0. The summed E-state index contributed by atoms with van der Waals surface area (Å²) in [5, 5.41) is 48.3. The van der Waals surface area contributed by atoms with Gasteiger partial charge < -0.3 is 45.7 Å². The van der Waals surface area contributed by atoms with Crippen LogP contribution in [0.4, 0.5) is 0 Å². The van der Waals surface area contributed by atoms with E-state index in [2.05, 4.69) is 15.6 Å². The minimum atomic E-state index is -2.30. The molecule has 6 rings (SSSR count). The van der Waals surface area contributed by atoms with Crippen molar-refractivity contribution < 1.29 is 39.5 Å². The highest BCUT2D eigenvalue weighted by atomic mass is 16.5. The molecule has 2 atom stereocenters. The summed E-state index contributed by atoms with van der Waals surface area (Å²) >= 11 is 0. The highest BCUT2D eigenvalue weighted by molar-refractivity contribution is 5.95. The van der Waals surface area contributed by atoms with Gasteiger partial charge in [0, 0.05) is 48.8 Å². The minimum Gasteiger partial charge on any atom is -0.506 e. The molecule has 1 saturated heterocycles. The topological polar surface area (TPSA) is 202 Å². The fourth-order valence-electron chi connectivity index (χ4n) is 6.02. The Hall–Kier alpha value is -6.02. The number of nitrogens with zero attached hydrogens (tertiary/aromatic N) is 1. The quantitative estimate of drug-likeness (QED) is 0.0961. The van der Waals surface area contributed by atoms with Gasteiger partial charge in [-0.25, -0.2) is 4.79 Å². The van der Waals surface area contributed by atoms with Crippen molar-refractivity contribution in [2.24, 2.45) is 0 Å². The van der Waals surface area contributed by atoms with Gasteiger partial charge >= 0.3 is 5.97 Å². The number of amides is 2. The number of aliphatic hydroxyl groups is 2. The first-order chi connectivity index (χ1) is 24.5. The zero-order valence-corrected chi connectivity index (χ0v) is 27.3. The number of aliphatic carboxylic acids is 1. The lowest BCUT2D eigenvalue weighted by molar-refractivity contribution is -0.155. The molecule has 51 heavy (non-hydrogen) atoms. The number of carbonyl (C=O) groups is 3. The first-order valence-corrected chi connectivity index (χ1v) is 16.2. The largest absolute Gasteiger partial charge is 0.506 e. The van der Waals surface area contributed by atoms with E-state index < -0.39 is 23.6 Å². The van der Waals surface area contributed by atoms with Crippen molar-refractivity contribution in [2.75, 3.05) is 26.2 Å². The third kappa shape index (κ3) is 7.60. The molecule has 0 radical (unpaired) electrons. The molecule has 2 heterocycles. The Morgan fingerprint density at radius 2 is 1.65 bits per heavy atom. The standard InChI is InChI=1S/C38H36N4O9/c43-31-15-13-29(30-14-16-33(45)41-35(30)31)32(44)19-39-18-23-9-11-24(12-10-23)36(47)42-20-27(21-42)40-34(46)22-51-28-8-4-7-26(17-28)38(50,37(48)49)25-5-2-1-3-6-25/h1-17,27,32,39,43-44,50H,18-22H2,(H,40,46)(H,41,45)(H,48,49)/t32-,38-/m0/s1. The van der Waals surface area contributed by atoms with Crippen molar-refractivity contribution in [3.05, 3.63) is 141 Å². The number of aromatic nitrogens is 1. The zero-order chi connectivity index (χ0) is 36.1. The maximum absolute atomic E-state index is 13.0. The summed E-state index contributed by atoms with van der Waals surface area (Å²) in [6, 6.07) is 26.7. The number of carbonyl (C=O) groups excluding carboxylic acids is 2. The molecule has 1 aromatic heterocycles. The number of phenols is 1. The fraction of sp³-hybridized carbons (Fsp3) is 0.211. The molecule has 0 aliphatic carbocycles. The lowest BCUT2D eigenvalue weighted by atomic mass is 9.86. The predicted molar refractivity (Wildman–Crippen MR) is 186 cm³/mol. The second kappa shape index (κ2) is 14.8. The van der Waals surface area contributed by atoms with E-state index in [-0.39, 0.29) is 58.8 Å². The molecule has 7 N–H and O–H groups in total. The van der Waals surface area contributed by atoms with Crippen LogP contribution >= 0.6 is 0 Å². The van der Waals surface area contributed by atoms with Gasteiger partial charge in [-0.05, 0) is 53.1 Å². The molecule has 4 aromatic carbocycles. The number of likely N-dealkylation sites (tertiary alicyclic amines) is 1. The van der Waals surface area contributed by atoms with Gasteiger partial charge in [0.2, 0.25) is 11.2 Å². The molecule has 2 amide bonds. The normalized spacial score (nSPS) is 14.7. The van der Waals surface area contributed by atoms with Crippen molar-refractivity contribution in [2.45, 2.75) is 24.3 Å². The Morgan fingerprint density at radius 3 is 2.37 bits per heavy atom. The number of H-pyrrole nitrogens is 1. The monoisotopic (exact) mass is 692 g/mol. The summed E-state index contributed by atoms with van der Waals surface area (Å²) < 4.78 is 5.60. The molecular weight excluding hydrogens is 656 g/mol. The number of phenolic OH excluding ortho intramolecular Hbond substituents is 1. The van der Waals surface area contributed by atoms with Crippen molar-refractivity contribution in [3.8, 4) is 11.5 Å². The molecule has 1 aliphatic heterocycles. The number of carboxylic acids is 1. The van der Waals surface area contributed by atoms with E-state index in [1.807, 2.05) is 12.1 Å². The summed E-state index contributed by atoms with van der Waals surface area (Å²) in [6.07, 6.45) is -0.900. The maximum Gasteiger partial charge on any atom is 0.345 e. The van der Waals surface area contributed by atoms with Gasteiger partial charge in [0.1, 0.15) is 11.5 Å². The Bertz CT molecular complexity index is 2110. The smallest absolute Gasteiger partial charge is 0.345 e. The Labute approximate surface area is 291 Å². The number of hydrogen-bond acceptors (Lipinski definition) is 9. The number of carboxylic acid groups (broad SMARTS) is 1. The highest BCUT2D eigenvalue weighted by Crippen LogP contribution is 2.32. The van der Waals surface area contributed by atoms with Crippen LogP contribution in [0.2, 0.25) is 0 Å². The van der Waals surface area contributed by atoms with Crippen LogP contribution in [0.5, 0.6) is 11.5 Å². The van der Waals surface area contributed by atoms with Crippen LogP contribution in [0.1, 0.15) is 38.7 Å². The Kier molecular flexibility index (Phi) is 10.1. The fourth-order valence-corrected chi connectivity index (χ4v) is 6.02. The number of aliphatic hydroxyl groups excluding tert-OH is 1. The average molecular weight is 693 g/mol. The van der Waals surface area contributed by atoms with Crippen LogP contribution in [0.25, 0.3) is 10.9 Å². The molecule has 13 nitrogen and oxygen atoms in total. The number of aromatic amines is 1. The average Bonchev–Trinajstić information content (AvgIpc) is 3.12. The molecule has 262 valence electrons. The van der Waals surface area contributed by atoms with Crippen molar-refractivity contribution in [1.82, 2.24) is 20.5 Å². The number of hydrogen-bond donors (Lipinski definition) is 7. The van der Waals surface area contributed by atoms with Crippen LogP contribution in [-0.2, 0) is 21.7 Å². The molecule has 5 aromatic rings. The molecule has 0 bridgehead atoms. The Balaban J connectivity index is 0.944. The van der Waals surface area contributed by atoms with E-state index in [0.29, 0.717) is 36.1 Å². The van der Waals surface area contributed by atoms with Gasteiger partial charge in [-0.2, -0.15) is 0 Å². The lowest BCUT2D eigenvalue weighted by Gasteiger charge is -2.39. The Morgan fingerprint density at radius 1 is 0.922 bits per heavy atom.